The molecule has 0 saturated carbocycles. The van der Waals surface area contributed by atoms with Crippen LogP contribution in [0.15, 0.2) is 0 Å². The average molecular weight is 304 g/mol. The van der Waals surface area contributed by atoms with Crippen molar-refractivity contribution in [1.29, 1.82) is 0 Å². The van der Waals surface area contributed by atoms with Gasteiger partial charge in [0, 0.05) is 6.42 Å². The molecule has 21 heavy (non-hydrogen) atoms. The highest BCUT2D eigenvalue weighted by atomic mass is 16.5. The molecular weight excluding hydrogens is 284 g/mol. The lowest BCUT2D eigenvalue weighted by molar-refractivity contribution is -0.150. The number of rotatable bonds is 8. The van der Waals surface area contributed by atoms with Crippen LogP contribution in [-0.4, -0.2) is 57.2 Å². The molecule has 0 aromatic rings. The maximum Gasteiger partial charge on any atom is 0.328 e. The molecule has 0 unspecified atom stereocenters. The number of nitrogens with one attached hydrogen (secondary N) is 1. The fourth-order valence-electron chi connectivity index (χ4n) is 1.37. The lowest BCUT2D eigenvalue weighted by Gasteiger charge is -2.18. The summed E-state index contributed by atoms with van der Waals surface area (Å²) >= 11 is 0. The number of hydrogen-bond acceptors (Lipinski definition) is 8. The van der Waals surface area contributed by atoms with E-state index in [9.17, 15) is 19.2 Å². The van der Waals surface area contributed by atoms with E-state index < -0.39 is 35.9 Å². The SMILES string of the molecule is COC(=O)CC[C@H](N)C(=O)N[C@@H](CC(=O)OC)C(=O)OC. The highest BCUT2D eigenvalue weighted by molar-refractivity contribution is 5.90. The smallest absolute Gasteiger partial charge is 0.328 e. The van der Waals surface area contributed by atoms with Crippen LogP contribution in [0.2, 0.25) is 0 Å². The first-order valence-corrected chi connectivity index (χ1v) is 6.13. The number of carbonyl (C=O) groups excluding carboxylic acids is 4. The Morgan fingerprint density at radius 2 is 1.57 bits per heavy atom. The Kier molecular flexibility index (Phi) is 8.70. The van der Waals surface area contributed by atoms with Crippen molar-refractivity contribution >= 4 is 23.8 Å². The van der Waals surface area contributed by atoms with Gasteiger partial charge in [0.1, 0.15) is 6.04 Å². The fraction of sp³-hybridized carbons (Fsp3) is 0.667. The van der Waals surface area contributed by atoms with E-state index in [0.29, 0.717) is 0 Å². The third-order valence-corrected chi connectivity index (χ3v) is 2.62. The van der Waals surface area contributed by atoms with E-state index >= 15 is 0 Å². The second-order valence-corrected chi connectivity index (χ2v) is 4.09. The molecule has 0 fully saturated rings. The number of ether oxygens (including phenoxy) is 3. The first kappa shape index (κ1) is 18.8. The van der Waals surface area contributed by atoms with Gasteiger partial charge in [0.05, 0.1) is 33.8 Å². The molecule has 0 bridgehead atoms. The van der Waals surface area contributed by atoms with Gasteiger partial charge in [-0.25, -0.2) is 4.79 Å². The molecule has 0 spiro atoms. The largest absolute Gasteiger partial charge is 0.469 e. The maximum absolute atomic E-state index is 11.8. The van der Waals surface area contributed by atoms with Crippen LogP contribution in [-0.2, 0) is 33.4 Å². The maximum atomic E-state index is 11.8. The normalized spacial score (nSPS) is 12.8. The van der Waals surface area contributed by atoms with E-state index in [0.717, 1.165) is 14.2 Å². The topological polar surface area (TPSA) is 134 Å². The molecule has 1 amide bonds. The second kappa shape index (κ2) is 9.70. The predicted molar refractivity (Wildman–Crippen MR) is 69.8 cm³/mol. The van der Waals surface area contributed by atoms with Crippen LogP contribution in [0.5, 0.6) is 0 Å². The molecule has 0 aliphatic heterocycles. The minimum Gasteiger partial charge on any atom is -0.469 e. The number of amides is 1. The summed E-state index contributed by atoms with van der Waals surface area (Å²) in [6, 6.07) is -2.21. The zero-order valence-corrected chi connectivity index (χ0v) is 12.2. The Balaban J connectivity index is 4.54. The first-order valence-electron chi connectivity index (χ1n) is 6.13. The lowest BCUT2D eigenvalue weighted by atomic mass is 10.1. The van der Waals surface area contributed by atoms with E-state index in [2.05, 4.69) is 19.5 Å². The van der Waals surface area contributed by atoms with E-state index in [1.807, 2.05) is 0 Å². The molecule has 2 atom stereocenters. The predicted octanol–water partition coefficient (Wildman–Crippen LogP) is -1.51. The van der Waals surface area contributed by atoms with Crippen molar-refractivity contribution in [2.24, 2.45) is 5.73 Å². The molecule has 0 aromatic heterocycles. The van der Waals surface area contributed by atoms with E-state index in [4.69, 9.17) is 5.73 Å². The van der Waals surface area contributed by atoms with Crippen LogP contribution in [0.4, 0.5) is 0 Å². The Labute approximate surface area is 122 Å². The van der Waals surface area contributed by atoms with Gasteiger partial charge in [0.15, 0.2) is 0 Å². The molecule has 0 rings (SSSR count). The monoisotopic (exact) mass is 304 g/mol. The second-order valence-electron chi connectivity index (χ2n) is 4.09. The lowest BCUT2D eigenvalue weighted by Crippen LogP contribution is -2.49. The van der Waals surface area contributed by atoms with Gasteiger partial charge in [-0.05, 0) is 6.42 Å². The van der Waals surface area contributed by atoms with Crippen LogP contribution in [0.3, 0.4) is 0 Å². The molecule has 0 aromatic carbocycles. The van der Waals surface area contributed by atoms with Crippen molar-refractivity contribution in [1.82, 2.24) is 5.32 Å². The molecule has 0 heterocycles. The number of methoxy groups -OCH3 is 3. The Bertz CT molecular complexity index is 397. The number of hydrogen-bond donors (Lipinski definition) is 2. The fourth-order valence-corrected chi connectivity index (χ4v) is 1.37. The summed E-state index contributed by atoms with van der Waals surface area (Å²) in [6.07, 6.45) is -0.367. The van der Waals surface area contributed by atoms with Gasteiger partial charge >= 0.3 is 17.9 Å². The molecule has 0 aliphatic rings. The Morgan fingerprint density at radius 1 is 1.00 bits per heavy atom. The first-order chi connectivity index (χ1) is 9.85. The Morgan fingerprint density at radius 3 is 2.05 bits per heavy atom. The summed E-state index contributed by atoms with van der Waals surface area (Å²) in [7, 11) is 3.49. The average Bonchev–Trinajstić information content (AvgIpc) is 2.49. The van der Waals surface area contributed by atoms with Crippen molar-refractivity contribution in [2.45, 2.75) is 31.3 Å². The summed E-state index contributed by atoms with van der Waals surface area (Å²) in [4.78, 5) is 45.4. The number of esters is 3. The minimum atomic E-state index is -1.20. The summed E-state index contributed by atoms with van der Waals surface area (Å²) in [6.45, 7) is 0. The molecular formula is C12H20N2O7. The Hall–Kier alpha value is -2.16. The molecule has 9 nitrogen and oxygen atoms in total. The van der Waals surface area contributed by atoms with Crippen molar-refractivity contribution in [3.05, 3.63) is 0 Å². The van der Waals surface area contributed by atoms with Crippen molar-refractivity contribution < 1.29 is 33.4 Å². The highest BCUT2D eigenvalue weighted by Gasteiger charge is 2.27. The van der Waals surface area contributed by atoms with Crippen LogP contribution in [0.25, 0.3) is 0 Å². The van der Waals surface area contributed by atoms with Crippen LogP contribution < -0.4 is 11.1 Å². The number of carbonyl (C=O) groups is 4. The van der Waals surface area contributed by atoms with Gasteiger partial charge in [0.25, 0.3) is 0 Å². The summed E-state index contributed by atoms with van der Waals surface area (Å²) in [5.74, 6) is -2.67. The quantitative estimate of drug-likeness (QED) is 0.408. The van der Waals surface area contributed by atoms with E-state index in [1.54, 1.807) is 0 Å². The van der Waals surface area contributed by atoms with Gasteiger partial charge in [-0.3, -0.25) is 14.4 Å². The third kappa shape index (κ3) is 7.25. The highest BCUT2D eigenvalue weighted by Crippen LogP contribution is 2.01. The van der Waals surface area contributed by atoms with Gasteiger partial charge in [0.2, 0.25) is 5.91 Å². The molecule has 3 N–H and O–H groups in total. The van der Waals surface area contributed by atoms with Crippen molar-refractivity contribution in [3.63, 3.8) is 0 Å². The molecule has 0 aliphatic carbocycles. The zero-order chi connectivity index (χ0) is 16.4. The van der Waals surface area contributed by atoms with E-state index in [-0.39, 0.29) is 19.3 Å². The minimum absolute atomic E-state index is 0.0367. The van der Waals surface area contributed by atoms with Gasteiger partial charge in [-0.2, -0.15) is 0 Å². The van der Waals surface area contributed by atoms with Crippen LogP contribution in [0, 0.1) is 0 Å². The molecule has 9 heteroatoms. The van der Waals surface area contributed by atoms with Gasteiger partial charge < -0.3 is 25.3 Å². The third-order valence-electron chi connectivity index (χ3n) is 2.62. The van der Waals surface area contributed by atoms with Gasteiger partial charge in [-0.15, -0.1) is 0 Å². The molecule has 120 valence electrons. The summed E-state index contributed by atoms with van der Waals surface area (Å²) < 4.78 is 13.3. The van der Waals surface area contributed by atoms with Crippen molar-refractivity contribution in [2.75, 3.05) is 21.3 Å². The molecule has 0 radical (unpaired) electrons. The van der Waals surface area contributed by atoms with Crippen LogP contribution in [0.1, 0.15) is 19.3 Å². The van der Waals surface area contributed by atoms with Crippen LogP contribution >= 0.6 is 0 Å². The zero-order valence-electron chi connectivity index (χ0n) is 12.2. The summed E-state index contributed by atoms with van der Waals surface area (Å²) in [5, 5.41) is 2.28. The number of nitrogens with two attached hydrogens (primary N) is 1. The van der Waals surface area contributed by atoms with E-state index in [1.165, 1.54) is 7.11 Å². The standard InChI is InChI=1S/C12H20N2O7/c1-19-9(15)5-4-7(13)11(17)14-8(12(18)21-3)6-10(16)20-2/h7-8H,4-6,13H2,1-3H3,(H,14,17)/t7-,8-/m0/s1. The van der Waals surface area contributed by atoms with Gasteiger partial charge in [-0.1, -0.05) is 0 Å². The molecule has 0 saturated heterocycles. The van der Waals surface area contributed by atoms with Crippen molar-refractivity contribution in [3.8, 4) is 0 Å². The summed E-state index contributed by atoms with van der Waals surface area (Å²) in [5.41, 5.74) is 5.59.